The van der Waals surface area contributed by atoms with Crippen LogP contribution < -0.4 is 5.32 Å². The first kappa shape index (κ1) is 15.2. The summed E-state index contributed by atoms with van der Waals surface area (Å²) in [6, 6.07) is 1.65. The number of pyridine rings is 1. The zero-order valence-corrected chi connectivity index (χ0v) is 12.2. The Morgan fingerprint density at radius 1 is 1.62 bits per heavy atom. The number of fused-ring (bicyclic) bond motifs is 1. The van der Waals surface area contributed by atoms with Crippen molar-refractivity contribution in [2.75, 3.05) is 11.9 Å². The number of hydrogen-bond donors (Lipinski definition) is 2. The number of nitrogens with one attached hydrogen (secondary N) is 1. The monoisotopic (exact) mass is 289 g/mol. The second-order valence-electron chi connectivity index (χ2n) is 5.08. The predicted molar refractivity (Wildman–Crippen MR) is 79.7 cm³/mol. The minimum absolute atomic E-state index is 0.0662. The van der Waals surface area contributed by atoms with Crippen LogP contribution >= 0.6 is 0 Å². The average molecular weight is 289 g/mol. The van der Waals surface area contributed by atoms with Gasteiger partial charge >= 0.3 is 5.97 Å². The van der Waals surface area contributed by atoms with Crippen LogP contribution in [0.2, 0.25) is 0 Å². The van der Waals surface area contributed by atoms with Gasteiger partial charge in [0.05, 0.1) is 6.04 Å². The van der Waals surface area contributed by atoms with Crippen molar-refractivity contribution in [1.82, 2.24) is 9.88 Å². The molecule has 21 heavy (non-hydrogen) atoms. The number of nitrogens with zero attached hydrogens (tertiary/aromatic N) is 2. The number of carboxylic acid groups (broad SMARTS) is 1. The Labute approximate surface area is 123 Å². The highest BCUT2D eigenvalue weighted by molar-refractivity contribution is 5.95. The van der Waals surface area contributed by atoms with Crippen LogP contribution in [0.5, 0.6) is 0 Å². The van der Waals surface area contributed by atoms with Gasteiger partial charge in [-0.25, -0.2) is 9.78 Å². The van der Waals surface area contributed by atoms with E-state index in [9.17, 15) is 9.59 Å². The molecule has 2 heterocycles. The molecule has 0 bridgehead atoms. The number of aliphatic carboxylic acids is 1. The van der Waals surface area contributed by atoms with Crippen molar-refractivity contribution in [3.8, 4) is 0 Å². The maximum atomic E-state index is 12.1. The molecule has 1 aromatic heterocycles. The Kier molecular flexibility index (Phi) is 4.70. The summed E-state index contributed by atoms with van der Waals surface area (Å²) < 4.78 is 0. The van der Waals surface area contributed by atoms with Crippen LogP contribution in [-0.2, 0) is 16.1 Å². The summed E-state index contributed by atoms with van der Waals surface area (Å²) >= 11 is 0. The van der Waals surface area contributed by atoms with E-state index in [0.29, 0.717) is 17.9 Å². The van der Waals surface area contributed by atoms with E-state index in [1.54, 1.807) is 6.20 Å². The molecular formula is C15H19N3O3. The van der Waals surface area contributed by atoms with E-state index in [0.717, 1.165) is 24.6 Å². The topological polar surface area (TPSA) is 82.5 Å². The first-order valence-corrected chi connectivity index (χ1v) is 6.96. The summed E-state index contributed by atoms with van der Waals surface area (Å²) in [6.45, 7) is 5.39. The lowest BCUT2D eigenvalue weighted by molar-refractivity contribution is -0.131. The summed E-state index contributed by atoms with van der Waals surface area (Å²) in [7, 11) is 0. The quantitative estimate of drug-likeness (QED) is 0.825. The summed E-state index contributed by atoms with van der Waals surface area (Å²) in [6.07, 6.45) is 5.08. The fourth-order valence-electron chi connectivity index (χ4n) is 2.32. The lowest BCUT2D eigenvalue weighted by Gasteiger charge is -2.24. The van der Waals surface area contributed by atoms with Crippen molar-refractivity contribution in [3.63, 3.8) is 0 Å². The second kappa shape index (κ2) is 6.49. The molecule has 1 aliphatic rings. The standard InChI is InChI=1S/C15H19N3O3/c1-3-6-18-9-12-7-11(4-5-13(19)20)8-16-14(12)17-15(21)10(18)2/h4-5,7-8,10H,3,6,9H2,1-2H3,(H,19,20)(H,16,17,21)/t10-/m1/s1. The largest absolute Gasteiger partial charge is 0.478 e. The molecule has 0 radical (unpaired) electrons. The smallest absolute Gasteiger partial charge is 0.328 e. The van der Waals surface area contributed by atoms with E-state index in [1.807, 2.05) is 13.0 Å². The zero-order valence-electron chi connectivity index (χ0n) is 12.2. The first-order chi connectivity index (χ1) is 10.0. The summed E-state index contributed by atoms with van der Waals surface area (Å²) in [5.41, 5.74) is 1.60. The third-order valence-corrected chi connectivity index (χ3v) is 3.46. The van der Waals surface area contributed by atoms with Gasteiger partial charge < -0.3 is 10.4 Å². The molecule has 0 saturated carbocycles. The fraction of sp³-hybridized carbons (Fsp3) is 0.400. The van der Waals surface area contributed by atoms with Gasteiger partial charge in [-0.15, -0.1) is 0 Å². The van der Waals surface area contributed by atoms with Crippen molar-refractivity contribution < 1.29 is 14.7 Å². The minimum atomic E-state index is -1.00. The molecule has 6 heteroatoms. The summed E-state index contributed by atoms with van der Waals surface area (Å²) in [5.74, 6) is -0.513. The molecule has 0 aromatic carbocycles. The number of carbonyl (C=O) groups is 2. The number of anilines is 1. The van der Waals surface area contributed by atoms with Gasteiger partial charge in [-0.2, -0.15) is 0 Å². The Balaban J connectivity index is 2.32. The molecule has 2 N–H and O–H groups in total. The molecule has 0 fully saturated rings. The van der Waals surface area contributed by atoms with Crippen LogP contribution in [0.25, 0.3) is 6.08 Å². The molecule has 0 aliphatic carbocycles. The van der Waals surface area contributed by atoms with Gasteiger partial charge in [0.1, 0.15) is 5.82 Å². The lowest BCUT2D eigenvalue weighted by Crippen LogP contribution is -2.39. The van der Waals surface area contributed by atoms with E-state index in [4.69, 9.17) is 5.11 Å². The lowest BCUT2D eigenvalue weighted by atomic mass is 10.1. The molecule has 2 rings (SSSR count). The highest BCUT2D eigenvalue weighted by atomic mass is 16.4. The Morgan fingerprint density at radius 3 is 3.05 bits per heavy atom. The molecule has 0 saturated heterocycles. The van der Waals surface area contributed by atoms with Crippen molar-refractivity contribution >= 4 is 23.8 Å². The zero-order chi connectivity index (χ0) is 15.4. The van der Waals surface area contributed by atoms with Crippen molar-refractivity contribution in [1.29, 1.82) is 0 Å². The third-order valence-electron chi connectivity index (χ3n) is 3.46. The second-order valence-corrected chi connectivity index (χ2v) is 5.08. The molecule has 112 valence electrons. The van der Waals surface area contributed by atoms with Crippen LogP contribution in [0, 0.1) is 0 Å². The highest BCUT2D eigenvalue weighted by Gasteiger charge is 2.26. The molecular weight excluding hydrogens is 270 g/mol. The molecule has 1 aliphatic heterocycles. The van der Waals surface area contributed by atoms with E-state index in [1.165, 1.54) is 6.08 Å². The van der Waals surface area contributed by atoms with Crippen LogP contribution in [-0.4, -0.2) is 39.5 Å². The van der Waals surface area contributed by atoms with Crippen LogP contribution in [0.4, 0.5) is 5.82 Å². The SMILES string of the molecule is CCCN1Cc2cc(C=CC(=O)O)cnc2NC(=O)[C@H]1C. The average Bonchev–Trinajstić information content (AvgIpc) is 2.56. The maximum absolute atomic E-state index is 12.1. The predicted octanol–water partition coefficient (Wildman–Crippen LogP) is 1.73. The number of carbonyl (C=O) groups excluding carboxylic acids is 1. The molecule has 1 amide bonds. The maximum Gasteiger partial charge on any atom is 0.328 e. The van der Waals surface area contributed by atoms with Gasteiger partial charge in [0.2, 0.25) is 5.91 Å². The summed E-state index contributed by atoms with van der Waals surface area (Å²) in [4.78, 5) is 29.0. The number of hydrogen-bond acceptors (Lipinski definition) is 4. The van der Waals surface area contributed by atoms with Crippen molar-refractivity contribution in [3.05, 3.63) is 29.5 Å². The van der Waals surface area contributed by atoms with Gasteiger partial charge in [-0.1, -0.05) is 6.92 Å². The van der Waals surface area contributed by atoms with Crippen molar-refractivity contribution in [2.24, 2.45) is 0 Å². The number of rotatable bonds is 4. The number of aromatic nitrogens is 1. The fourth-order valence-corrected chi connectivity index (χ4v) is 2.32. The minimum Gasteiger partial charge on any atom is -0.478 e. The van der Waals surface area contributed by atoms with Gasteiger partial charge in [0.15, 0.2) is 0 Å². The normalized spacial score (nSPS) is 19.1. The number of carboxylic acids is 1. The summed E-state index contributed by atoms with van der Waals surface area (Å²) in [5, 5.41) is 11.5. The molecule has 0 spiro atoms. The van der Waals surface area contributed by atoms with Crippen LogP contribution in [0.15, 0.2) is 18.3 Å². The van der Waals surface area contributed by atoms with Crippen LogP contribution in [0.1, 0.15) is 31.4 Å². The Bertz CT molecular complexity index is 584. The molecule has 1 aromatic rings. The van der Waals surface area contributed by atoms with Crippen LogP contribution in [0.3, 0.4) is 0 Å². The first-order valence-electron chi connectivity index (χ1n) is 6.96. The van der Waals surface area contributed by atoms with E-state index in [2.05, 4.69) is 22.1 Å². The number of amides is 1. The molecule has 6 nitrogen and oxygen atoms in total. The Morgan fingerprint density at radius 2 is 2.38 bits per heavy atom. The van der Waals surface area contributed by atoms with Gasteiger partial charge in [-0.3, -0.25) is 9.69 Å². The van der Waals surface area contributed by atoms with Gasteiger partial charge in [-0.05, 0) is 37.6 Å². The molecule has 0 unspecified atom stereocenters. The van der Waals surface area contributed by atoms with E-state index < -0.39 is 5.97 Å². The van der Waals surface area contributed by atoms with Gasteiger partial charge in [0.25, 0.3) is 0 Å². The van der Waals surface area contributed by atoms with Crippen molar-refractivity contribution in [2.45, 2.75) is 32.9 Å². The van der Waals surface area contributed by atoms with E-state index >= 15 is 0 Å². The van der Waals surface area contributed by atoms with Gasteiger partial charge in [0, 0.05) is 24.4 Å². The third kappa shape index (κ3) is 3.66. The Hall–Kier alpha value is -2.21. The highest BCUT2D eigenvalue weighted by Crippen LogP contribution is 2.22. The molecule has 1 atom stereocenters. The van der Waals surface area contributed by atoms with E-state index in [-0.39, 0.29) is 11.9 Å².